The maximum absolute atomic E-state index is 11.6. The van der Waals surface area contributed by atoms with E-state index in [4.69, 9.17) is 17.0 Å². The molecule has 1 rings (SSSR count). The molecule has 0 bridgehead atoms. The van der Waals surface area contributed by atoms with E-state index in [1.54, 1.807) is 0 Å². The summed E-state index contributed by atoms with van der Waals surface area (Å²) >= 11 is 5.13. The van der Waals surface area contributed by atoms with Crippen LogP contribution in [0.3, 0.4) is 0 Å². The largest absolute Gasteiger partial charge is 0.494 e. The quantitative estimate of drug-likeness (QED) is 0.595. The fraction of sp³-hybridized carbons (Fsp3) is 0.500. The summed E-state index contributed by atoms with van der Waals surface area (Å²) in [5.74, 6) is 1.03. The predicted molar refractivity (Wildman–Crippen MR) is 90.7 cm³/mol. The Kier molecular flexibility index (Phi) is 7.75. The first-order valence-corrected chi connectivity index (χ1v) is 7.75. The van der Waals surface area contributed by atoms with Gasteiger partial charge in [-0.3, -0.25) is 4.79 Å². The van der Waals surface area contributed by atoms with Gasteiger partial charge in [-0.2, -0.15) is 0 Å². The molecule has 0 radical (unpaired) electrons. The second-order valence-corrected chi connectivity index (χ2v) is 5.74. The molecule has 0 spiro atoms. The minimum Gasteiger partial charge on any atom is -0.494 e. The maximum Gasteiger partial charge on any atom is 0.226 e. The molecule has 21 heavy (non-hydrogen) atoms. The topological polar surface area (TPSA) is 50.4 Å². The van der Waals surface area contributed by atoms with E-state index in [2.05, 4.69) is 17.6 Å². The van der Waals surface area contributed by atoms with Crippen molar-refractivity contribution in [1.29, 1.82) is 0 Å². The Labute approximate surface area is 132 Å². The fourth-order valence-electron chi connectivity index (χ4n) is 1.71. The Morgan fingerprint density at radius 2 is 2.14 bits per heavy atom. The molecular weight excluding hydrogens is 284 g/mol. The highest BCUT2D eigenvalue weighted by Crippen LogP contribution is 2.17. The van der Waals surface area contributed by atoms with Crippen molar-refractivity contribution in [3.8, 4) is 5.75 Å². The first-order chi connectivity index (χ1) is 10.0. The molecule has 0 aliphatic heterocycles. The van der Waals surface area contributed by atoms with Gasteiger partial charge >= 0.3 is 0 Å². The highest BCUT2D eigenvalue weighted by atomic mass is 32.1. The Bertz CT molecular complexity index is 475. The van der Waals surface area contributed by atoms with Gasteiger partial charge in [0.25, 0.3) is 0 Å². The summed E-state index contributed by atoms with van der Waals surface area (Å²) in [6.07, 6.45) is 2.59. The monoisotopic (exact) mass is 308 g/mol. The third-order valence-electron chi connectivity index (χ3n) is 2.71. The predicted octanol–water partition coefficient (Wildman–Crippen LogP) is 3.72. The summed E-state index contributed by atoms with van der Waals surface area (Å²) in [6.45, 7) is 6.81. The van der Waals surface area contributed by atoms with Crippen molar-refractivity contribution in [2.45, 2.75) is 40.0 Å². The molecule has 4 nitrogen and oxygen atoms in total. The van der Waals surface area contributed by atoms with Crippen LogP contribution in [0.25, 0.3) is 0 Å². The number of anilines is 1. The van der Waals surface area contributed by atoms with Gasteiger partial charge in [0.2, 0.25) is 5.91 Å². The summed E-state index contributed by atoms with van der Waals surface area (Å²) < 4.78 is 5.63. The molecule has 1 aromatic carbocycles. The molecule has 0 saturated heterocycles. The van der Waals surface area contributed by atoms with Crippen LogP contribution in [-0.4, -0.2) is 17.6 Å². The molecule has 0 atom stereocenters. The van der Waals surface area contributed by atoms with E-state index in [0.717, 1.165) is 24.3 Å². The second kappa shape index (κ2) is 9.34. The second-order valence-electron chi connectivity index (χ2n) is 5.33. The zero-order valence-electron chi connectivity index (χ0n) is 12.9. The Morgan fingerprint density at radius 1 is 1.38 bits per heavy atom. The summed E-state index contributed by atoms with van der Waals surface area (Å²) in [5.41, 5.74) is 0.804. The number of carbonyl (C=O) groups excluding carboxylic acids is 1. The van der Waals surface area contributed by atoms with Crippen LogP contribution in [-0.2, 0) is 4.79 Å². The van der Waals surface area contributed by atoms with Gasteiger partial charge in [-0.25, -0.2) is 0 Å². The van der Waals surface area contributed by atoms with E-state index in [-0.39, 0.29) is 5.91 Å². The lowest BCUT2D eigenvalue weighted by atomic mass is 10.1. The fourth-order valence-corrected chi connectivity index (χ4v) is 1.94. The van der Waals surface area contributed by atoms with Gasteiger partial charge in [0.1, 0.15) is 5.75 Å². The van der Waals surface area contributed by atoms with E-state index in [1.807, 2.05) is 38.1 Å². The zero-order valence-corrected chi connectivity index (χ0v) is 13.8. The number of rotatable bonds is 7. The van der Waals surface area contributed by atoms with Crippen molar-refractivity contribution in [2.24, 2.45) is 5.92 Å². The molecule has 5 heteroatoms. The Hall–Kier alpha value is -1.62. The Morgan fingerprint density at radius 3 is 2.81 bits per heavy atom. The van der Waals surface area contributed by atoms with Crippen LogP contribution in [0.15, 0.2) is 24.3 Å². The van der Waals surface area contributed by atoms with Crippen molar-refractivity contribution in [3.05, 3.63) is 24.3 Å². The lowest BCUT2D eigenvalue weighted by Crippen LogP contribution is -2.34. The SMILES string of the molecule is CCCCOc1cccc(NC(=S)NC(=O)CC(C)C)c1. The van der Waals surface area contributed by atoms with Crippen LogP contribution in [0.4, 0.5) is 5.69 Å². The minimum absolute atomic E-state index is 0.0714. The number of amides is 1. The van der Waals surface area contributed by atoms with Gasteiger partial charge < -0.3 is 15.4 Å². The van der Waals surface area contributed by atoms with Gasteiger partial charge in [-0.15, -0.1) is 0 Å². The van der Waals surface area contributed by atoms with Gasteiger partial charge in [0.15, 0.2) is 5.11 Å². The average molecular weight is 308 g/mol. The number of hydrogen-bond donors (Lipinski definition) is 2. The molecule has 0 aliphatic carbocycles. The van der Waals surface area contributed by atoms with E-state index < -0.39 is 0 Å². The van der Waals surface area contributed by atoms with Crippen molar-refractivity contribution < 1.29 is 9.53 Å². The van der Waals surface area contributed by atoms with E-state index in [9.17, 15) is 4.79 Å². The first kappa shape index (κ1) is 17.4. The average Bonchev–Trinajstić information content (AvgIpc) is 2.38. The first-order valence-electron chi connectivity index (χ1n) is 7.35. The van der Waals surface area contributed by atoms with Crippen LogP contribution < -0.4 is 15.4 Å². The molecule has 0 aliphatic rings. The van der Waals surface area contributed by atoms with Crippen molar-refractivity contribution in [2.75, 3.05) is 11.9 Å². The molecular formula is C16H24N2O2S. The lowest BCUT2D eigenvalue weighted by Gasteiger charge is -2.12. The van der Waals surface area contributed by atoms with Gasteiger partial charge in [-0.1, -0.05) is 33.3 Å². The molecule has 116 valence electrons. The standard InChI is InChI=1S/C16H24N2O2S/c1-4-5-9-20-14-8-6-7-13(11-14)17-16(21)18-15(19)10-12(2)3/h6-8,11-12H,4-5,9-10H2,1-3H3,(H2,17,18,19,21). The number of ether oxygens (including phenoxy) is 1. The Balaban J connectivity index is 2.48. The zero-order chi connectivity index (χ0) is 15.7. The van der Waals surface area contributed by atoms with Crippen molar-refractivity contribution in [3.63, 3.8) is 0 Å². The normalized spacial score (nSPS) is 10.3. The van der Waals surface area contributed by atoms with E-state index >= 15 is 0 Å². The van der Waals surface area contributed by atoms with Gasteiger partial charge in [0, 0.05) is 18.2 Å². The smallest absolute Gasteiger partial charge is 0.226 e. The number of nitrogens with one attached hydrogen (secondary N) is 2. The summed E-state index contributed by atoms with van der Waals surface area (Å²) in [7, 11) is 0. The lowest BCUT2D eigenvalue weighted by molar-refractivity contribution is -0.120. The number of hydrogen-bond acceptors (Lipinski definition) is 3. The highest BCUT2D eigenvalue weighted by Gasteiger charge is 2.07. The minimum atomic E-state index is -0.0714. The van der Waals surface area contributed by atoms with Crippen LogP contribution in [0.2, 0.25) is 0 Å². The van der Waals surface area contributed by atoms with E-state index in [1.165, 1.54) is 0 Å². The molecule has 1 aromatic rings. The number of carbonyl (C=O) groups is 1. The third-order valence-corrected chi connectivity index (χ3v) is 2.91. The van der Waals surface area contributed by atoms with Crippen LogP contribution >= 0.6 is 12.2 Å². The van der Waals surface area contributed by atoms with Crippen LogP contribution in [0.1, 0.15) is 40.0 Å². The van der Waals surface area contributed by atoms with Crippen molar-refractivity contribution >= 4 is 28.9 Å². The molecule has 2 N–H and O–H groups in total. The molecule has 0 unspecified atom stereocenters. The number of benzene rings is 1. The van der Waals surface area contributed by atoms with Crippen LogP contribution in [0.5, 0.6) is 5.75 Å². The van der Waals surface area contributed by atoms with Gasteiger partial charge in [-0.05, 0) is 36.7 Å². The molecule has 0 fully saturated rings. The third kappa shape index (κ3) is 7.66. The number of thiocarbonyl (C=S) groups is 1. The van der Waals surface area contributed by atoms with Gasteiger partial charge in [0.05, 0.1) is 6.61 Å². The van der Waals surface area contributed by atoms with E-state index in [0.29, 0.717) is 24.1 Å². The number of unbranched alkanes of at least 4 members (excludes halogenated alkanes) is 1. The highest BCUT2D eigenvalue weighted by molar-refractivity contribution is 7.80. The molecule has 0 aromatic heterocycles. The molecule has 0 saturated carbocycles. The summed E-state index contributed by atoms with van der Waals surface area (Å²) in [6, 6.07) is 7.55. The molecule has 1 amide bonds. The summed E-state index contributed by atoms with van der Waals surface area (Å²) in [5, 5.41) is 5.98. The molecule has 0 heterocycles. The van der Waals surface area contributed by atoms with Crippen LogP contribution in [0, 0.1) is 5.92 Å². The van der Waals surface area contributed by atoms with Crippen molar-refractivity contribution in [1.82, 2.24) is 5.32 Å². The maximum atomic E-state index is 11.6. The summed E-state index contributed by atoms with van der Waals surface area (Å²) in [4.78, 5) is 11.6.